The Morgan fingerprint density at radius 3 is 2.48 bits per heavy atom. The summed E-state index contributed by atoms with van der Waals surface area (Å²) in [5, 5.41) is 0.660. The number of rotatable bonds is 6. The molecule has 0 aliphatic heterocycles. The fraction of sp³-hybridized carbons (Fsp3) is 0.333. The number of benzene rings is 1. The third-order valence-electron chi connectivity index (χ3n) is 3.79. The molecule has 0 aliphatic rings. The van der Waals surface area contributed by atoms with E-state index in [4.69, 9.17) is 16.3 Å². The molecule has 0 N–H and O–H groups in total. The summed E-state index contributed by atoms with van der Waals surface area (Å²) in [4.78, 5) is 18.9. The number of hydrogen-bond acceptors (Lipinski definition) is 3. The van der Waals surface area contributed by atoms with Gasteiger partial charge in [0.1, 0.15) is 6.10 Å². The van der Waals surface area contributed by atoms with Crippen molar-refractivity contribution in [2.75, 3.05) is 13.7 Å². The summed E-state index contributed by atoms with van der Waals surface area (Å²) in [5.74, 6) is -0.0689. The molecule has 1 heterocycles. The van der Waals surface area contributed by atoms with Crippen LogP contribution in [0.15, 0.2) is 48.7 Å². The van der Waals surface area contributed by atoms with Crippen molar-refractivity contribution in [1.82, 2.24) is 9.88 Å². The Labute approximate surface area is 142 Å². The lowest BCUT2D eigenvalue weighted by atomic mass is 10.0. The van der Waals surface area contributed by atoms with Crippen molar-refractivity contribution in [3.05, 3.63) is 64.9 Å². The zero-order chi connectivity index (χ0) is 16.8. The molecule has 0 radical (unpaired) electrons. The van der Waals surface area contributed by atoms with E-state index in [-0.39, 0.29) is 11.9 Å². The number of methoxy groups -OCH3 is 1. The number of nitrogens with zero attached hydrogens (tertiary/aromatic N) is 2. The molecule has 2 aromatic rings. The predicted octanol–water partition coefficient (Wildman–Crippen LogP) is 3.71. The van der Waals surface area contributed by atoms with Crippen LogP contribution in [-0.4, -0.2) is 35.5 Å². The van der Waals surface area contributed by atoms with Crippen LogP contribution in [0.4, 0.5) is 0 Å². The quantitative estimate of drug-likeness (QED) is 0.810. The van der Waals surface area contributed by atoms with Gasteiger partial charge >= 0.3 is 0 Å². The zero-order valence-electron chi connectivity index (χ0n) is 13.6. The van der Waals surface area contributed by atoms with Crippen LogP contribution in [0.3, 0.4) is 0 Å². The van der Waals surface area contributed by atoms with Gasteiger partial charge in [-0.25, -0.2) is 0 Å². The molecular formula is C18H21ClN2O2. The molecule has 2 rings (SSSR count). The van der Waals surface area contributed by atoms with Crippen molar-refractivity contribution in [3.8, 4) is 0 Å². The van der Waals surface area contributed by atoms with E-state index < -0.39 is 6.10 Å². The molecule has 2 atom stereocenters. The molecule has 4 nitrogen and oxygen atoms in total. The lowest BCUT2D eigenvalue weighted by molar-refractivity contribution is -0.142. The van der Waals surface area contributed by atoms with Gasteiger partial charge in [-0.15, -0.1) is 0 Å². The molecule has 0 aliphatic carbocycles. The van der Waals surface area contributed by atoms with Crippen LogP contribution in [0.2, 0.25) is 5.02 Å². The van der Waals surface area contributed by atoms with E-state index in [0.29, 0.717) is 11.6 Å². The summed E-state index contributed by atoms with van der Waals surface area (Å²) in [6.45, 7) is 4.25. The maximum atomic E-state index is 12.7. The highest BCUT2D eigenvalue weighted by Crippen LogP contribution is 2.29. The maximum Gasteiger partial charge on any atom is 0.252 e. The van der Waals surface area contributed by atoms with Crippen molar-refractivity contribution >= 4 is 17.5 Å². The first kappa shape index (κ1) is 17.4. The number of amides is 1. The Kier molecular flexibility index (Phi) is 6.13. The predicted molar refractivity (Wildman–Crippen MR) is 91.4 cm³/mol. The van der Waals surface area contributed by atoms with Crippen LogP contribution in [0.5, 0.6) is 0 Å². The molecular weight excluding hydrogens is 312 g/mol. The van der Waals surface area contributed by atoms with Gasteiger partial charge < -0.3 is 9.64 Å². The first-order valence-corrected chi connectivity index (χ1v) is 7.96. The minimum Gasteiger partial charge on any atom is -0.372 e. The summed E-state index contributed by atoms with van der Waals surface area (Å²) in [6.07, 6.45) is 1.23. The van der Waals surface area contributed by atoms with Gasteiger partial charge in [-0.3, -0.25) is 9.78 Å². The van der Waals surface area contributed by atoms with Crippen LogP contribution in [-0.2, 0) is 9.53 Å². The maximum absolute atomic E-state index is 12.7. The molecule has 1 aromatic heterocycles. The highest BCUT2D eigenvalue weighted by Gasteiger charge is 2.29. The largest absolute Gasteiger partial charge is 0.372 e. The second-order valence-corrected chi connectivity index (χ2v) is 5.65. The molecule has 0 saturated carbocycles. The molecule has 0 bridgehead atoms. The lowest BCUT2D eigenvalue weighted by Crippen LogP contribution is -2.41. The topological polar surface area (TPSA) is 42.4 Å². The second-order valence-electron chi connectivity index (χ2n) is 5.21. The number of carbonyl (C=O) groups is 1. The van der Waals surface area contributed by atoms with Gasteiger partial charge in [0.15, 0.2) is 0 Å². The molecule has 23 heavy (non-hydrogen) atoms. The minimum absolute atomic E-state index is 0.0689. The van der Waals surface area contributed by atoms with Gasteiger partial charge in [-0.05, 0) is 43.7 Å². The number of hydrogen-bond donors (Lipinski definition) is 0. The molecule has 122 valence electrons. The van der Waals surface area contributed by atoms with E-state index in [1.807, 2.05) is 49.4 Å². The Morgan fingerprint density at radius 1 is 1.26 bits per heavy atom. The van der Waals surface area contributed by atoms with E-state index in [0.717, 1.165) is 11.3 Å². The monoisotopic (exact) mass is 332 g/mol. The number of halogens is 1. The molecule has 0 saturated heterocycles. The van der Waals surface area contributed by atoms with Gasteiger partial charge in [0, 0.05) is 24.9 Å². The second kappa shape index (κ2) is 8.09. The first-order chi connectivity index (χ1) is 11.1. The van der Waals surface area contributed by atoms with E-state index in [2.05, 4.69) is 4.98 Å². The van der Waals surface area contributed by atoms with E-state index in [1.165, 1.54) is 7.11 Å². The van der Waals surface area contributed by atoms with Crippen molar-refractivity contribution in [3.63, 3.8) is 0 Å². The molecule has 1 aromatic carbocycles. The van der Waals surface area contributed by atoms with Gasteiger partial charge in [-0.1, -0.05) is 29.8 Å². The number of pyridine rings is 1. The van der Waals surface area contributed by atoms with Crippen LogP contribution < -0.4 is 0 Å². The summed E-state index contributed by atoms with van der Waals surface area (Å²) < 4.78 is 5.20. The van der Waals surface area contributed by atoms with Gasteiger partial charge in [0.25, 0.3) is 5.91 Å². The molecule has 5 heteroatoms. The molecule has 0 spiro atoms. The van der Waals surface area contributed by atoms with Crippen molar-refractivity contribution in [2.45, 2.75) is 26.0 Å². The average Bonchev–Trinajstić information content (AvgIpc) is 2.60. The molecule has 1 amide bonds. The Bertz CT molecular complexity index is 631. The summed E-state index contributed by atoms with van der Waals surface area (Å²) in [7, 11) is 1.54. The van der Waals surface area contributed by atoms with Gasteiger partial charge in [0.05, 0.1) is 11.7 Å². The number of ether oxygens (including phenoxy) is 1. The third-order valence-corrected chi connectivity index (χ3v) is 4.04. The van der Waals surface area contributed by atoms with Crippen molar-refractivity contribution < 1.29 is 9.53 Å². The summed E-state index contributed by atoms with van der Waals surface area (Å²) in [5.41, 5.74) is 1.78. The van der Waals surface area contributed by atoms with Crippen LogP contribution in [0.1, 0.15) is 31.1 Å². The van der Waals surface area contributed by atoms with E-state index >= 15 is 0 Å². The Balaban J connectivity index is 2.48. The fourth-order valence-corrected chi connectivity index (χ4v) is 2.62. The normalized spacial score (nSPS) is 13.4. The third kappa shape index (κ3) is 4.09. The SMILES string of the molecule is CCN(C(=O)[C@H](C)OC)[C@H](c1ccc(Cl)cc1)c1ccccn1. The molecule has 0 unspecified atom stereocenters. The van der Waals surface area contributed by atoms with Crippen molar-refractivity contribution in [2.24, 2.45) is 0 Å². The number of aromatic nitrogens is 1. The van der Waals surface area contributed by atoms with Crippen LogP contribution in [0.25, 0.3) is 0 Å². The standard InChI is InChI=1S/C18H21ClN2O2/c1-4-21(18(22)13(2)23-3)17(16-7-5-6-12-20-16)14-8-10-15(19)11-9-14/h5-13,17H,4H2,1-3H3/t13-,17+/m0/s1. The highest BCUT2D eigenvalue weighted by molar-refractivity contribution is 6.30. The van der Waals surface area contributed by atoms with Crippen molar-refractivity contribution in [1.29, 1.82) is 0 Å². The minimum atomic E-state index is -0.506. The average molecular weight is 333 g/mol. The van der Waals surface area contributed by atoms with Gasteiger partial charge in [0.2, 0.25) is 0 Å². The summed E-state index contributed by atoms with van der Waals surface area (Å²) >= 11 is 6.00. The smallest absolute Gasteiger partial charge is 0.252 e. The van der Waals surface area contributed by atoms with Gasteiger partial charge in [-0.2, -0.15) is 0 Å². The van der Waals surface area contributed by atoms with Crippen LogP contribution >= 0.6 is 11.6 Å². The lowest BCUT2D eigenvalue weighted by Gasteiger charge is -2.32. The first-order valence-electron chi connectivity index (χ1n) is 7.58. The number of likely N-dealkylation sites (N-methyl/N-ethyl adjacent to an activating group) is 1. The van der Waals surface area contributed by atoms with E-state index in [9.17, 15) is 4.79 Å². The fourth-order valence-electron chi connectivity index (χ4n) is 2.49. The van der Waals surface area contributed by atoms with Crippen LogP contribution in [0, 0.1) is 0 Å². The highest BCUT2D eigenvalue weighted by atomic mass is 35.5. The summed E-state index contributed by atoms with van der Waals surface area (Å²) in [6, 6.07) is 12.9. The Hall–Kier alpha value is -1.91. The van der Waals surface area contributed by atoms with E-state index in [1.54, 1.807) is 18.0 Å². The Morgan fingerprint density at radius 2 is 1.96 bits per heavy atom. The zero-order valence-corrected chi connectivity index (χ0v) is 14.3. The molecule has 0 fully saturated rings. The number of carbonyl (C=O) groups excluding carboxylic acids is 1.